The normalized spacial score (nSPS) is 19.2. The van der Waals surface area contributed by atoms with E-state index in [1.165, 1.54) is 6.07 Å². The van der Waals surface area contributed by atoms with Gasteiger partial charge in [0.2, 0.25) is 10.0 Å². The predicted molar refractivity (Wildman–Crippen MR) is 93.3 cm³/mol. The van der Waals surface area contributed by atoms with Crippen molar-refractivity contribution >= 4 is 21.8 Å². The molecule has 1 saturated heterocycles. The molecule has 0 spiro atoms. The van der Waals surface area contributed by atoms with Crippen LogP contribution in [0.25, 0.3) is 0 Å². The van der Waals surface area contributed by atoms with Gasteiger partial charge < -0.3 is 14.7 Å². The molecule has 1 fully saturated rings. The molecule has 0 unspecified atom stereocenters. The molecule has 1 aliphatic rings. The molecule has 9 heteroatoms. The van der Waals surface area contributed by atoms with Gasteiger partial charge in [0.25, 0.3) is 0 Å². The van der Waals surface area contributed by atoms with E-state index in [2.05, 4.69) is 4.98 Å². The molecule has 0 amide bonds. The van der Waals surface area contributed by atoms with Gasteiger partial charge in [-0.2, -0.15) is 4.31 Å². The van der Waals surface area contributed by atoms with E-state index in [4.69, 9.17) is 4.74 Å². The smallest absolute Gasteiger partial charge is 0.324 e. The van der Waals surface area contributed by atoms with Crippen molar-refractivity contribution in [3.63, 3.8) is 0 Å². The SMILES string of the molecule is CCN(c1nc(C)ccc1S(=O)(=O)N1CCOC[C@H]1C(=O)O)C(C)C. The molecule has 0 radical (unpaired) electrons. The van der Waals surface area contributed by atoms with E-state index in [1.807, 2.05) is 25.7 Å². The van der Waals surface area contributed by atoms with Crippen LogP contribution in [0.5, 0.6) is 0 Å². The largest absolute Gasteiger partial charge is 0.480 e. The molecule has 1 aliphatic heterocycles. The molecular formula is C16H25N3O5S. The molecular weight excluding hydrogens is 346 g/mol. The van der Waals surface area contributed by atoms with Gasteiger partial charge in [0.15, 0.2) is 0 Å². The maximum Gasteiger partial charge on any atom is 0.324 e. The van der Waals surface area contributed by atoms with E-state index in [0.717, 1.165) is 4.31 Å². The number of hydrogen-bond acceptors (Lipinski definition) is 6. The molecule has 1 aromatic rings. The number of anilines is 1. The van der Waals surface area contributed by atoms with Gasteiger partial charge in [0.1, 0.15) is 16.8 Å². The number of carbonyl (C=O) groups is 1. The van der Waals surface area contributed by atoms with Crippen LogP contribution >= 0.6 is 0 Å². The number of carboxylic acid groups (broad SMARTS) is 1. The van der Waals surface area contributed by atoms with Crippen LogP contribution in [0.1, 0.15) is 26.5 Å². The number of pyridine rings is 1. The zero-order chi connectivity index (χ0) is 18.8. The van der Waals surface area contributed by atoms with E-state index in [0.29, 0.717) is 18.1 Å². The monoisotopic (exact) mass is 371 g/mol. The first-order chi connectivity index (χ1) is 11.7. The van der Waals surface area contributed by atoms with Crippen molar-refractivity contribution in [2.24, 2.45) is 0 Å². The molecule has 8 nitrogen and oxygen atoms in total. The number of sulfonamides is 1. The maximum atomic E-state index is 13.2. The Balaban J connectivity index is 2.57. The van der Waals surface area contributed by atoms with Crippen molar-refractivity contribution in [1.29, 1.82) is 0 Å². The Morgan fingerprint density at radius 3 is 2.72 bits per heavy atom. The average Bonchev–Trinajstić information content (AvgIpc) is 2.55. The highest BCUT2D eigenvalue weighted by molar-refractivity contribution is 7.89. The van der Waals surface area contributed by atoms with Crippen LogP contribution in [0.15, 0.2) is 17.0 Å². The Kier molecular flexibility index (Phi) is 6.02. The van der Waals surface area contributed by atoms with Gasteiger partial charge in [0, 0.05) is 24.8 Å². The highest BCUT2D eigenvalue weighted by Crippen LogP contribution is 2.29. The van der Waals surface area contributed by atoms with Gasteiger partial charge >= 0.3 is 5.97 Å². The van der Waals surface area contributed by atoms with E-state index < -0.39 is 22.0 Å². The van der Waals surface area contributed by atoms with Crippen molar-refractivity contribution in [2.45, 2.75) is 44.7 Å². The van der Waals surface area contributed by atoms with Gasteiger partial charge in [-0.1, -0.05) is 0 Å². The number of hydrogen-bond donors (Lipinski definition) is 1. The molecule has 140 valence electrons. The van der Waals surface area contributed by atoms with E-state index in [9.17, 15) is 18.3 Å². The quantitative estimate of drug-likeness (QED) is 0.799. The fourth-order valence-corrected chi connectivity index (χ4v) is 4.58. The number of rotatable bonds is 6. The first-order valence-electron chi connectivity index (χ1n) is 8.26. The van der Waals surface area contributed by atoms with Crippen LogP contribution in [-0.4, -0.2) is 67.2 Å². The maximum absolute atomic E-state index is 13.2. The lowest BCUT2D eigenvalue weighted by molar-refractivity contribution is -0.146. The third kappa shape index (κ3) is 3.94. The third-order valence-electron chi connectivity index (χ3n) is 4.17. The van der Waals surface area contributed by atoms with Crippen LogP contribution in [-0.2, 0) is 19.6 Å². The Hall–Kier alpha value is -1.71. The molecule has 0 bridgehead atoms. The summed E-state index contributed by atoms with van der Waals surface area (Å²) >= 11 is 0. The summed E-state index contributed by atoms with van der Waals surface area (Å²) in [5.74, 6) is -0.866. The van der Waals surface area contributed by atoms with E-state index in [1.54, 1.807) is 13.0 Å². The van der Waals surface area contributed by atoms with Crippen molar-refractivity contribution in [3.8, 4) is 0 Å². The second-order valence-electron chi connectivity index (χ2n) is 6.20. The Labute approximate surface area is 148 Å². The predicted octanol–water partition coefficient (Wildman–Crippen LogP) is 1.10. The second kappa shape index (κ2) is 7.67. The molecule has 0 saturated carbocycles. The van der Waals surface area contributed by atoms with Crippen LogP contribution in [0.4, 0.5) is 5.82 Å². The molecule has 0 aromatic carbocycles. The molecule has 1 N–H and O–H groups in total. The van der Waals surface area contributed by atoms with Crippen LogP contribution in [0, 0.1) is 6.92 Å². The summed E-state index contributed by atoms with van der Waals surface area (Å²) in [5.41, 5.74) is 0.699. The van der Waals surface area contributed by atoms with E-state index in [-0.39, 0.29) is 30.7 Å². The average molecular weight is 371 g/mol. The van der Waals surface area contributed by atoms with Crippen molar-refractivity contribution in [3.05, 3.63) is 17.8 Å². The first-order valence-corrected chi connectivity index (χ1v) is 9.70. The number of aromatic nitrogens is 1. The van der Waals surface area contributed by atoms with Crippen LogP contribution < -0.4 is 4.90 Å². The minimum atomic E-state index is -4.02. The fraction of sp³-hybridized carbons (Fsp3) is 0.625. The fourth-order valence-electron chi connectivity index (χ4n) is 2.89. The Bertz CT molecular complexity index is 735. The number of morpholine rings is 1. The van der Waals surface area contributed by atoms with Gasteiger partial charge in [-0.15, -0.1) is 0 Å². The Morgan fingerprint density at radius 2 is 2.16 bits per heavy atom. The topological polar surface area (TPSA) is 100 Å². The zero-order valence-corrected chi connectivity index (χ0v) is 15.8. The number of nitrogens with zero attached hydrogens (tertiary/aromatic N) is 3. The summed E-state index contributed by atoms with van der Waals surface area (Å²) in [5, 5.41) is 9.36. The lowest BCUT2D eigenvalue weighted by Crippen LogP contribution is -2.52. The third-order valence-corrected chi connectivity index (χ3v) is 6.09. The van der Waals surface area contributed by atoms with Crippen LogP contribution in [0.3, 0.4) is 0 Å². The standard InChI is InChI=1S/C16H25N3O5S/c1-5-18(11(2)3)15-14(7-6-12(4)17-15)25(22,23)19-8-9-24-10-13(19)16(20)21/h6-7,11,13H,5,8-10H2,1-4H3,(H,20,21)/t13-/m0/s1. The lowest BCUT2D eigenvalue weighted by atomic mass is 10.3. The summed E-state index contributed by atoms with van der Waals surface area (Å²) in [7, 11) is -4.02. The minimum Gasteiger partial charge on any atom is -0.480 e. The minimum absolute atomic E-state index is 0.000417. The Morgan fingerprint density at radius 1 is 1.48 bits per heavy atom. The number of carboxylic acids is 1. The first kappa shape index (κ1) is 19.6. The number of aliphatic carboxylic acids is 1. The molecule has 0 aliphatic carbocycles. The number of ether oxygens (including phenoxy) is 1. The summed E-state index contributed by atoms with van der Waals surface area (Å²) in [6.07, 6.45) is 0. The molecule has 25 heavy (non-hydrogen) atoms. The second-order valence-corrected chi connectivity index (χ2v) is 8.06. The summed E-state index contributed by atoms with van der Waals surface area (Å²) in [6, 6.07) is 1.95. The highest BCUT2D eigenvalue weighted by Gasteiger charge is 2.40. The molecule has 1 aromatic heterocycles. The van der Waals surface area contributed by atoms with E-state index >= 15 is 0 Å². The summed E-state index contributed by atoms with van der Waals surface area (Å²) in [6.45, 7) is 8.22. The molecule has 2 heterocycles. The van der Waals surface area contributed by atoms with Gasteiger partial charge in [-0.25, -0.2) is 13.4 Å². The highest BCUT2D eigenvalue weighted by atomic mass is 32.2. The van der Waals surface area contributed by atoms with Gasteiger partial charge in [0.05, 0.1) is 13.2 Å². The van der Waals surface area contributed by atoms with Gasteiger partial charge in [-0.05, 0) is 39.8 Å². The summed E-state index contributed by atoms with van der Waals surface area (Å²) < 4.78 is 32.6. The van der Waals surface area contributed by atoms with Crippen LogP contribution in [0.2, 0.25) is 0 Å². The van der Waals surface area contributed by atoms with Gasteiger partial charge in [-0.3, -0.25) is 4.79 Å². The van der Waals surface area contributed by atoms with Crippen molar-refractivity contribution in [2.75, 3.05) is 31.2 Å². The lowest BCUT2D eigenvalue weighted by Gasteiger charge is -2.34. The summed E-state index contributed by atoms with van der Waals surface area (Å²) in [4.78, 5) is 17.8. The molecule has 1 atom stereocenters. The van der Waals surface area contributed by atoms with Crippen molar-refractivity contribution in [1.82, 2.24) is 9.29 Å². The zero-order valence-electron chi connectivity index (χ0n) is 15.0. The molecule has 2 rings (SSSR count). The van der Waals surface area contributed by atoms with Crippen molar-refractivity contribution < 1.29 is 23.1 Å². The number of aryl methyl sites for hydroxylation is 1.